The molecule has 1 nitrogen and oxygen atoms in total. The summed E-state index contributed by atoms with van der Waals surface area (Å²) in [7, 11) is -1.75. The Morgan fingerprint density at radius 2 is 1.86 bits per heavy atom. The van der Waals surface area contributed by atoms with Crippen molar-refractivity contribution in [2.75, 3.05) is 0 Å². The van der Waals surface area contributed by atoms with Gasteiger partial charge in [-0.1, -0.05) is 43.0 Å². The lowest BCUT2D eigenvalue weighted by atomic mass is 10.4. The second-order valence-electron chi connectivity index (χ2n) is 3.56. The average Bonchev–Trinajstić information content (AvgIpc) is 2.19. The molecule has 14 heavy (non-hydrogen) atoms. The molecule has 0 saturated heterocycles. The summed E-state index contributed by atoms with van der Waals surface area (Å²) < 4.78 is 5.74. The second kappa shape index (κ2) is 4.82. The van der Waals surface area contributed by atoms with E-state index < -0.39 is 8.32 Å². The third kappa shape index (κ3) is 2.89. The summed E-state index contributed by atoms with van der Waals surface area (Å²) in [6, 6.07) is 10.4. The molecule has 1 aromatic carbocycles. The summed E-state index contributed by atoms with van der Waals surface area (Å²) in [6.45, 7) is 7.95. The van der Waals surface area contributed by atoms with Crippen molar-refractivity contribution < 1.29 is 4.43 Å². The Kier molecular flexibility index (Phi) is 3.71. The Balaban J connectivity index is 2.75. The van der Waals surface area contributed by atoms with Crippen molar-refractivity contribution in [1.29, 1.82) is 0 Å². The first-order chi connectivity index (χ1) is 6.67. The van der Waals surface area contributed by atoms with Gasteiger partial charge >= 0.3 is 0 Å². The Hall–Kier alpha value is -1.28. The van der Waals surface area contributed by atoms with Gasteiger partial charge in [0.25, 0.3) is 8.32 Å². The van der Waals surface area contributed by atoms with Crippen LogP contribution in [-0.4, -0.2) is 8.32 Å². The largest absolute Gasteiger partial charge is 0.545 e. The normalized spacial score (nSPS) is 11.6. The highest BCUT2D eigenvalue weighted by Gasteiger charge is 2.24. The van der Waals surface area contributed by atoms with Crippen molar-refractivity contribution in [3.05, 3.63) is 55.3 Å². The highest BCUT2D eigenvalue weighted by molar-refractivity contribution is 6.84. The van der Waals surface area contributed by atoms with E-state index >= 15 is 0 Å². The fourth-order valence-corrected chi connectivity index (χ4v) is 2.72. The summed E-state index contributed by atoms with van der Waals surface area (Å²) in [6.07, 6.45) is 5.26. The Bertz CT molecular complexity index is 314. The van der Waals surface area contributed by atoms with Crippen LogP contribution in [0.4, 0.5) is 0 Å². The Morgan fingerprint density at radius 3 is 2.43 bits per heavy atom. The summed E-state index contributed by atoms with van der Waals surface area (Å²) >= 11 is 0. The van der Waals surface area contributed by atoms with Crippen molar-refractivity contribution in [2.24, 2.45) is 0 Å². The standard InChI is InChI=1S/C12H16OSi/c1-4-5-11-13-14(2,3)12-9-7-6-8-10-12/h4-11H,1H2,2-3H3/b11-5+. The van der Waals surface area contributed by atoms with Gasteiger partial charge in [-0.3, -0.25) is 0 Å². The first-order valence-electron chi connectivity index (χ1n) is 4.68. The molecule has 0 aliphatic carbocycles. The van der Waals surface area contributed by atoms with Crippen molar-refractivity contribution in [2.45, 2.75) is 13.1 Å². The number of allylic oxidation sites excluding steroid dienone is 2. The molecule has 2 heteroatoms. The summed E-state index contributed by atoms with van der Waals surface area (Å²) in [5.74, 6) is 0. The summed E-state index contributed by atoms with van der Waals surface area (Å²) in [5, 5.41) is 1.30. The topological polar surface area (TPSA) is 9.23 Å². The lowest BCUT2D eigenvalue weighted by Gasteiger charge is -2.21. The van der Waals surface area contributed by atoms with E-state index in [1.807, 2.05) is 24.3 Å². The molecule has 0 aliphatic rings. The summed E-state index contributed by atoms with van der Waals surface area (Å²) in [4.78, 5) is 0. The van der Waals surface area contributed by atoms with Gasteiger partial charge in [-0.2, -0.15) is 0 Å². The maximum absolute atomic E-state index is 5.74. The molecule has 0 amide bonds. The fraction of sp³-hybridized carbons (Fsp3) is 0.167. The van der Waals surface area contributed by atoms with Crippen LogP contribution in [0.15, 0.2) is 55.3 Å². The highest BCUT2D eigenvalue weighted by Crippen LogP contribution is 2.05. The lowest BCUT2D eigenvalue weighted by Crippen LogP contribution is -2.43. The molecule has 0 atom stereocenters. The second-order valence-corrected chi connectivity index (χ2v) is 7.39. The van der Waals surface area contributed by atoms with Crippen LogP contribution < -0.4 is 5.19 Å². The van der Waals surface area contributed by atoms with Gasteiger partial charge in [0.2, 0.25) is 0 Å². The molecule has 0 unspecified atom stereocenters. The highest BCUT2D eigenvalue weighted by atomic mass is 28.4. The molecule has 74 valence electrons. The molecular weight excluding hydrogens is 188 g/mol. The SMILES string of the molecule is C=C/C=C/O[Si](C)(C)c1ccccc1. The first kappa shape index (κ1) is 10.8. The molecule has 0 saturated carbocycles. The monoisotopic (exact) mass is 204 g/mol. The molecule has 0 fully saturated rings. The van der Waals surface area contributed by atoms with Gasteiger partial charge < -0.3 is 4.43 Å². The van der Waals surface area contributed by atoms with Crippen molar-refractivity contribution in [1.82, 2.24) is 0 Å². The van der Waals surface area contributed by atoms with Crippen molar-refractivity contribution >= 4 is 13.5 Å². The van der Waals surface area contributed by atoms with Crippen LogP contribution in [0.1, 0.15) is 0 Å². The number of hydrogen-bond donors (Lipinski definition) is 0. The third-order valence-corrected chi connectivity index (χ3v) is 4.50. The molecule has 0 N–H and O–H groups in total. The van der Waals surface area contributed by atoms with E-state index in [0.29, 0.717) is 0 Å². The molecule has 0 aliphatic heterocycles. The molecule has 1 aromatic rings. The molecule has 0 spiro atoms. The van der Waals surface area contributed by atoms with Gasteiger partial charge in [0.15, 0.2) is 0 Å². The van der Waals surface area contributed by atoms with Gasteiger partial charge in [0, 0.05) is 0 Å². The van der Waals surface area contributed by atoms with E-state index in [-0.39, 0.29) is 0 Å². The predicted octanol–water partition coefficient (Wildman–Crippen LogP) is 2.82. The van der Waals surface area contributed by atoms with Gasteiger partial charge in [-0.05, 0) is 24.4 Å². The fourth-order valence-electron chi connectivity index (χ4n) is 1.17. The van der Waals surface area contributed by atoms with Crippen LogP contribution in [0.3, 0.4) is 0 Å². The average molecular weight is 204 g/mol. The number of rotatable bonds is 4. The van der Waals surface area contributed by atoms with E-state index in [1.165, 1.54) is 5.19 Å². The predicted molar refractivity (Wildman–Crippen MR) is 64.0 cm³/mol. The third-order valence-electron chi connectivity index (χ3n) is 2.05. The number of hydrogen-bond acceptors (Lipinski definition) is 1. The maximum Gasteiger partial charge on any atom is 0.276 e. The molecule has 0 aromatic heterocycles. The minimum absolute atomic E-state index is 1.30. The molecule has 1 rings (SSSR count). The van der Waals surface area contributed by atoms with Crippen LogP contribution in [0, 0.1) is 0 Å². The Labute approximate surface area is 86.9 Å². The zero-order valence-electron chi connectivity index (χ0n) is 8.73. The molecular formula is C12H16OSi. The zero-order valence-corrected chi connectivity index (χ0v) is 9.73. The van der Waals surface area contributed by atoms with E-state index in [2.05, 4.69) is 31.8 Å². The van der Waals surface area contributed by atoms with Crippen LogP contribution >= 0.6 is 0 Å². The van der Waals surface area contributed by atoms with Gasteiger partial charge in [0.05, 0.1) is 6.26 Å². The summed E-state index contributed by atoms with van der Waals surface area (Å²) in [5.41, 5.74) is 0. The first-order valence-corrected chi connectivity index (χ1v) is 7.58. The Morgan fingerprint density at radius 1 is 1.21 bits per heavy atom. The number of benzene rings is 1. The van der Waals surface area contributed by atoms with Crippen molar-refractivity contribution in [3.8, 4) is 0 Å². The van der Waals surface area contributed by atoms with E-state index in [4.69, 9.17) is 4.43 Å². The molecule has 0 bridgehead atoms. The zero-order chi connectivity index (χ0) is 10.4. The smallest absolute Gasteiger partial charge is 0.276 e. The van der Waals surface area contributed by atoms with Crippen molar-refractivity contribution in [3.63, 3.8) is 0 Å². The lowest BCUT2D eigenvalue weighted by molar-refractivity contribution is 0.486. The molecule has 0 radical (unpaired) electrons. The van der Waals surface area contributed by atoms with Gasteiger partial charge in [0.1, 0.15) is 0 Å². The van der Waals surface area contributed by atoms with E-state index in [1.54, 1.807) is 12.3 Å². The van der Waals surface area contributed by atoms with Gasteiger partial charge in [-0.25, -0.2) is 0 Å². The van der Waals surface area contributed by atoms with E-state index in [9.17, 15) is 0 Å². The van der Waals surface area contributed by atoms with Crippen LogP contribution in [0.2, 0.25) is 13.1 Å². The minimum Gasteiger partial charge on any atom is -0.545 e. The van der Waals surface area contributed by atoms with Crippen LogP contribution in [0.5, 0.6) is 0 Å². The maximum atomic E-state index is 5.74. The molecule has 0 heterocycles. The van der Waals surface area contributed by atoms with E-state index in [0.717, 1.165) is 0 Å². The van der Waals surface area contributed by atoms with Gasteiger partial charge in [-0.15, -0.1) is 0 Å². The quantitative estimate of drug-likeness (QED) is 0.416. The minimum atomic E-state index is -1.75. The van der Waals surface area contributed by atoms with Crippen LogP contribution in [-0.2, 0) is 4.43 Å². The van der Waals surface area contributed by atoms with Crippen LogP contribution in [0.25, 0.3) is 0 Å².